The average molecular weight is 444 g/mol. The number of hydrogen-bond acceptors (Lipinski definition) is 8. The molecule has 0 bridgehead atoms. The molecule has 0 fully saturated rings. The lowest BCUT2D eigenvalue weighted by molar-refractivity contribution is 0.392. The molecule has 154 valence electrons. The van der Waals surface area contributed by atoms with E-state index in [2.05, 4.69) is 15.3 Å². The van der Waals surface area contributed by atoms with Crippen molar-refractivity contribution in [2.24, 2.45) is 0 Å². The van der Waals surface area contributed by atoms with Crippen molar-refractivity contribution in [3.8, 4) is 44.9 Å². The molecule has 2 heterocycles. The summed E-state index contributed by atoms with van der Waals surface area (Å²) in [5.41, 5.74) is 9.12. The largest absolute Gasteiger partial charge is 0.497 e. The highest BCUT2D eigenvalue weighted by Gasteiger charge is 2.20. The molecule has 2 N–H and O–H groups in total. The van der Waals surface area contributed by atoms with Crippen LogP contribution in [0.15, 0.2) is 41.8 Å². The zero-order chi connectivity index (χ0) is 21.3. The van der Waals surface area contributed by atoms with E-state index in [-0.39, 0.29) is 0 Å². The van der Waals surface area contributed by atoms with Gasteiger partial charge in [-0.25, -0.2) is 4.98 Å². The van der Waals surface area contributed by atoms with Crippen LogP contribution >= 0.6 is 22.9 Å². The second-order valence-corrected chi connectivity index (χ2v) is 7.43. The summed E-state index contributed by atoms with van der Waals surface area (Å²) in [6, 6.07) is 11.0. The molecule has 0 atom stereocenters. The van der Waals surface area contributed by atoms with Crippen molar-refractivity contribution in [2.75, 3.05) is 27.1 Å². The minimum Gasteiger partial charge on any atom is -0.497 e. The normalized spacial score (nSPS) is 10.8. The van der Waals surface area contributed by atoms with Crippen LogP contribution in [0.1, 0.15) is 0 Å². The van der Waals surface area contributed by atoms with Crippen LogP contribution in [-0.2, 0) is 0 Å². The number of nitrogens with two attached hydrogens (primary N) is 1. The maximum atomic E-state index is 6.36. The van der Waals surface area contributed by atoms with E-state index in [1.165, 1.54) is 23.1 Å². The molecule has 0 aliphatic heterocycles. The standard InChI is InChI=1S/C20H18ClN5O3S/c1-27-12-6-4-5-11(7-12)14-10-30-20(23-14)18-19(22)26(25-24-18)15-8-13(21)16(28-2)9-17(15)29-3/h4-10H,22H2,1-3H3. The molecule has 0 radical (unpaired) electrons. The van der Waals surface area contributed by atoms with Crippen molar-refractivity contribution < 1.29 is 14.2 Å². The van der Waals surface area contributed by atoms with Crippen molar-refractivity contribution in [1.29, 1.82) is 0 Å². The summed E-state index contributed by atoms with van der Waals surface area (Å²) >= 11 is 7.70. The van der Waals surface area contributed by atoms with Crippen LogP contribution in [0.5, 0.6) is 17.2 Å². The molecular weight excluding hydrogens is 426 g/mol. The molecule has 8 nitrogen and oxygen atoms in total. The second-order valence-electron chi connectivity index (χ2n) is 6.16. The van der Waals surface area contributed by atoms with Gasteiger partial charge >= 0.3 is 0 Å². The fourth-order valence-electron chi connectivity index (χ4n) is 2.93. The van der Waals surface area contributed by atoms with Crippen molar-refractivity contribution in [3.05, 3.63) is 46.8 Å². The third-order valence-electron chi connectivity index (χ3n) is 4.46. The molecule has 0 aliphatic carbocycles. The number of rotatable bonds is 6. The van der Waals surface area contributed by atoms with Gasteiger partial charge in [-0.2, -0.15) is 4.68 Å². The van der Waals surface area contributed by atoms with Gasteiger partial charge < -0.3 is 19.9 Å². The van der Waals surface area contributed by atoms with E-state index in [0.717, 1.165) is 17.0 Å². The molecule has 0 unspecified atom stereocenters. The van der Waals surface area contributed by atoms with E-state index in [0.29, 0.717) is 38.7 Å². The Hall–Kier alpha value is -3.30. The molecule has 10 heteroatoms. The van der Waals surface area contributed by atoms with Gasteiger partial charge in [-0.05, 0) is 18.2 Å². The Morgan fingerprint density at radius 3 is 2.57 bits per heavy atom. The van der Waals surface area contributed by atoms with Crippen LogP contribution < -0.4 is 19.9 Å². The number of halogens is 1. The number of anilines is 1. The van der Waals surface area contributed by atoms with Crippen LogP contribution in [0.3, 0.4) is 0 Å². The Balaban J connectivity index is 1.73. The zero-order valence-corrected chi connectivity index (χ0v) is 18.0. The molecule has 2 aromatic heterocycles. The summed E-state index contributed by atoms with van der Waals surface area (Å²) in [5.74, 6) is 2.06. The van der Waals surface area contributed by atoms with Gasteiger partial charge in [-0.1, -0.05) is 28.9 Å². The first-order valence-corrected chi connectivity index (χ1v) is 10.0. The molecule has 4 rings (SSSR count). The van der Waals surface area contributed by atoms with Gasteiger partial charge in [-0.3, -0.25) is 0 Å². The quantitative estimate of drug-likeness (QED) is 0.474. The van der Waals surface area contributed by atoms with Gasteiger partial charge in [0.05, 0.1) is 32.0 Å². The number of methoxy groups -OCH3 is 3. The second kappa shape index (κ2) is 8.21. The van der Waals surface area contributed by atoms with Crippen molar-refractivity contribution in [2.45, 2.75) is 0 Å². The lowest BCUT2D eigenvalue weighted by Crippen LogP contribution is -2.05. The SMILES string of the molecule is COc1cccc(-c2csc(-c3nnn(-c4cc(Cl)c(OC)cc4OC)c3N)n2)c1. The highest BCUT2D eigenvalue weighted by Crippen LogP contribution is 2.37. The van der Waals surface area contributed by atoms with Crippen molar-refractivity contribution in [3.63, 3.8) is 0 Å². The van der Waals surface area contributed by atoms with Crippen molar-refractivity contribution >= 4 is 28.8 Å². The first kappa shape index (κ1) is 20.0. The average Bonchev–Trinajstić information content (AvgIpc) is 3.40. The Bertz CT molecular complexity index is 1210. The van der Waals surface area contributed by atoms with E-state index >= 15 is 0 Å². The summed E-state index contributed by atoms with van der Waals surface area (Å²) in [6.07, 6.45) is 0. The summed E-state index contributed by atoms with van der Waals surface area (Å²) in [4.78, 5) is 4.67. The third kappa shape index (κ3) is 3.53. The van der Waals surface area contributed by atoms with E-state index in [1.54, 1.807) is 26.4 Å². The molecule has 0 spiro atoms. The molecule has 0 amide bonds. The van der Waals surface area contributed by atoms with Gasteiger partial charge in [0, 0.05) is 17.0 Å². The monoisotopic (exact) mass is 443 g/mol. The Morgan fingerprint density at radius 2 is 1.83 bits per heavy atom. The molecule has 0 saturated heterocycles. The minimum atomic E-state index is 0.320. The van der Waals surface area contributed by atoms with Gasteiger partial charge in [0.1, 0.15) is 27.9 Å². The number of ether oxygens (including phenoxy) is 3. The number of nitrogen functional groups attached to an aromatic ring is 1. The first-order chi connectivity index (χ1) is 14.5. The number of benzene rings is 2. The van der Waals surface area contributed by atoms with E-state index in [1.807, 2.05) is 29.6 Å². The Labute approximate surface area is 181 Å². The van der Waals surface area contributed by atoms with E-state index in [4.69, 9.17) is 31.5 Å². The molecule has 2 aromatic carbocycles. The van der Waals surface area contributed by atoms with E-state index < -0.39 is 0 Å². The Kier molecular flexibility index (Phi) is 5.47. The van der Waals surface area contributed by atoms with Gasteiger partial charge in [0.2, 0.25) is 0 Å². The molecule has 30 heavy (non-hydrogen) atoms. The molecule has 0 saturated carbocycles. The zero-order valence-electron chi connectivity index (χ0n) is 16.4. The smallest absolute Gasteiger partial charge is 0.165 e. The number of thiazole rings is 1. The first-order valence-electron chi connectivity index (χ1n) is 8.79. The van der Waals surface area contributed by atoms with Crippen LogP contribution in [0.4, 0.5) is 5.82 Å². The molecule has 4 aromatic rings. The predicted molar refractivity (Wildman–Crippen MR) is 117 cm³/mol. The summed E-state index contributed by atoms with van der Waals surface area (Å²) < 4.78 is 17.4. The topological polar surface area (TPSA) is 97.3 Å². The Morgan fingerprint density at radius 1 is 1.03 bits per heavy atom. The maximum Gasteiger partial charge on any atom is 0.165 e. The van der Waals surface area contributed by atoms with Gasteiger partial charge in [-0.15, -0.1) is 16.4 Å². The van der Waals surface area contributed by atoms with E-state index in [9.17, 15) is 0 Å². The van der Waals surface area contributed by atoms with Crippen molar-refractivity contribution in [1.82, 2.24) is 20.0 Å². The number of aromatic nitrogens is 4. The van der Waals surface area contributed by atoms with Crippen LogP contribution in [-0.4, -0.2) is 41.3 Å². The maximum absolute atomic E-state index is 6.36. The number of hydrogen-bond donors (Lipinski definition) is 1. The van der Waals surface area contributed by atoms with Gasteiger partial charge in [0.15, 0.2) is 11.5 Å². The molecule has 0 aliphatic rings. The highest BCUT2D eigenvalue weighted by atomic mass is 35.5. The minimum absolute atomic E-state index is 0.320. The summed E-state index contributed by atoms with van der Waals surface area (Å²) in [5, 5.41) is 11.4. The fraction of sp³-hybridized carbons (Fsp3) is 0.150. The third-order valence-corrected chi connectivity index (χ3v) is 5.60. The highest BCUT2D eigenvalue weighted by molar-refractivity contribution is 7.13. The lowest BCUT2D eigenvalue weighted by Gasteiger charge is -2.12. The van der Waals surface area contributed by atoms with Crippen LogP contribution in [0, 0.1) is 0 Å². The fourth-order valence-corrected chi connectivity index (χ4v) is 3.98. The van der Waals surface area contributed by atoms with Crippen LogP contribution in [0.25, 0.3) is 27.6 Å². The number of nitrogens with zero attached hydrogens (tertiary/aromatic N) is 4. The van der Waals surface area contributed by atoms with Crippen LogP contribution in [0.2, 0.25) is 5.02 Å². The van der Waals surface area contributed by atoms with Gasteiger partial charge in [0.25, 0.3) is 0 Å². The lowest BCUT2D eigenvalue weighted by atomic mass is 10.2. The predicted octanol–water partition coefficient (Wildman–Crippen LogP) is 4.32. The summed E-state index contributed by atoms with van der Waals surface area (Å²) in [7, 11) is 4.70. The molecular formula is C20H18ClN5O3S. The summed E-state index contributed by atoms with van der Waals surface area (Å²) in [6.45, 7) is 0.